The summed E-state index contributed by atoms with van der Waals surface area (Å²) in [5.74, 6) is 0.807. The van der Waals surface area contributed by atoms with E-state index in [0.717, 1.165) is 23.3 Å². The SMILES string of the molecule is CCOc1ccc(C(=O)N2CCCN(C(=O)c3ccc(C)c(C)c3)CC2)cc1. The number of rotatable bonds is 4. The lowest BCUT2D eigenvalue weighted by atomic mass is 10.1. The Balaban J connectivity index is 1.64. The number of amides is 2. The van der Waals surface area contributed by atoms with Crippen molar-refractivity contribution in [2.75, 3.05) is 32.8 Å². The molecule has 0 spiro atoms. The van der Waals surface area contributed by atoms with Gasteiger partial charge in [-0.1, -0.05) is 6.07 Å². The molecule has 0 unspecified atom stereocenters. The third kappa shape index (κ3) is 4.53. The Morgan fingerprint density at radius 3 is 1.96 bits per heavy atom. The van der Waals surface area contributed by atoms with E-state index < -0.39 is 0 Å². The Morgan fingerprint density at radius 1 is 0.821 bits per heavy atom. The van der Waals surface area contributed by atoms with Crippen LogP contribution in [0.2, 0.25) is 0 Å². The molecule has 2 aromatic rings. The molecule has 0 atom stereocenters. The van der Waals surface area contributed by atoms with E-state index in [4.69, 9.17) is 4.74 Å². The van der Waals surface area contributed by atoms with E-state index in [9.17, 15) is 9.59 Å². The van der Waals surface area contributed by atoms with Crippen LogP contribution in [-0.4, -0.2) is 54.4 Å². The number of hydrogen-bond acceptors (Lipinski definition) is 3. The third-order valence-electron chi connectivity index (χ3n) is 5.24. The molecular formula is C23H28N2O3. The molecule has 3 rings (SSSR count). The molecule has 2 aromatic carbocycles. The lowest BCUT2D eigenvalue weighted by Gasteiger charge is -2.22. The fourth-order valence-electron chi connectivity index (χ4n) is 3.42. The van der Waals surface area contributed by atoms with Gasteiger partial charge in [-0.15, -0.1) is 0 Å². The van der Waals surface area contributed by atoms with Crippen LogP contribution in [0.4, 0.5) is 0 Å². The van der Waals surface area contributed by atoms with Gasteiger partial charge in [0.1, 0.15) is 5.75 Å². The highest BCUT2D eigenvalue weighted by Crippen LogP contribution is 2.17. The largest absolute Gasteiger partial charge is 0.494 e. The van der Waals surface area contributed by atoms with E-state index in [1.165, 1.54) is 5.56 Å². The van der Waals surface area contributed by atoms with Crippen molar-refractivity contribution in [1.29, 1.82) is 0 Å². The molecule has 148 valence electrons. The van der Waals surface area contributed by atoms with Crippen LogP contribution in [0.15, 0.2) is 42.5 Å². The molecule has 1 fully saturated rings. The molecule has 0 radical (unpaired) electrons. The number of benzene rings is 2. The summed E-state index contributed by atoms with van der Waals surface area (Å²) in [4.78, 5) is 29.4. The zero-order valence-electron chi connectivity index (χ0n) is 16.9. The predicted molar refractivity (Wildman–Crippen MR) is 110 cm³/mol. The zero-order valence-corrected chi connectivity index (χ0v) is 16.9. The highest BCUT2D eigenvalue weighted by molar-refractivity contribution is 5.95. The molecule has 0 aliphatic carbocycles. The van der Waals surface area contributed by atoms with Crippen LogP contribution >= 0.6 is 0 Å². The summed E-state index contributed by atoms with van der Waals surface area (Å²) in [6, 6.07) is 13.1. The van der Waals surface area contributed by atoms with Gasteiger partial charge in [0.05, 0.1) is 6.61 Å². The van der Waals surface area contributed by atoms with Crippen molar-refractivity contribution >= 4 is 11.8 Å². The lowest BCUT2D eigenvalue weighted by molar-refractivity contribution is 0.0718. The van der Waals surface area contributed by atoms with Gasteiger partial charge in [-0.3, -0.25) is 9.59 Å². The van der Waals surface area contributed by atoms with Gasteiger partial charge in [0.15, 0.2) is 0 Å². The van der Waals surface area contributed by atoms with Crippen molar-refractivity contribution in [2.24, 2.45) is 0 Å². The minimum atomic E-state index is 0.00327. The number of ether oxygens (including phenoxy) is 1. The second kappa shape index (κ2) is 8.91. The maximum absolute atomic E-state index is 12.9. The fourth-order valence-corrected chi connectivity index (χ4v) is 3.42. The summed E-state index contributed by atoms with van der Waals surface area (Å²) < 4.78 is 5.44. The maximum Gasteiger partial charge on any atom is 0.253 e. The molecule has 1 saturated heterocycles. The predicted octanol–water partition coefficient (Wildman–Crippen LogP) is 3.69. The van der Waals surface area contributed by atoms with Crippen LogP contribution < -0.4 is 4.74 Å². The van der Waals surface area contributed by atoms with Gasteiger partial charge in [0.25, 0.3) is 11.8 Å². The third-order valence-corrected chi connectivity index (χ3v) is 5.24. The average molecular weight is 380 g/mol. The molecule has 1 aliphatic heterocycles. The van der Waals surface area contributed by atoms with Gasteiger partial charge < -0.3 is 14.5 Å². The summed E-state index contributed by atoms with van der Waals surface area (Å²) in [6.45, 7) is 9.01. The summed E-state index contributed by atoms with van der Waals surface area (Å²) in [5, 5.41) is 0. The van der Waals surface area contributed by atoms with Crippen molar-refractivity contribution in [1.82, 2.24) is 9.80 Å². The van der Waals surface area contributed by atoms with Crippen LogP contribution in [0.25, 0.3) is 0 Å². The lowest BCUT2D eigenvalue weighted by Crippen LogP contribution is -2.37. The van der Waals surface area contributed by atoms with Crippen molar-refractivity contribution in [3.8, 4) is 5.75 Å². The van der Waals surface area contributed by atoms with Gasteiger partial charge in [0.2, 0.25) is 0 Å². The Hall–Kier alpha value is -2.82. The smallest absolute Gasteiger partial charge is 0.253 e. The quantitative estimate of drug-likeness (QED) is 0.813. The second-order valence-corrected chi connectivity index (χ2v) is 7.19. The van der Waals surface area contributed by atoms with Crippen molar-refractivity contribution < 1.29 is 14.3 Å². The molecule has 0 N–H and O–H groups in total. The van der Waals surface area contributed by atoms with Gasteiger partial charge in [-0.05, 0) is 74.7 Å². The fraction of sp³-hybridized carbons (Fsp3) is 0.391. The summed E-state index contributed by atoms with van der Waals surface area (Å²) in [6.07, 6.45) is 0.777. The molecular weight excluding hydrogens is 352 g/mol. The second-order valence-electron chi connectivity index (χ2n) is 7.19. The molecule has 0 bridgehead atoms. The molecule has 1 aliphatic rings. The molecule has 2 amide bonds. The van der Waals surface area contributed by atoms with E-state index in [2.05, 4.69) is 0 Å². The normalized spacial score (nSPS) is 14.5. The van der Waals surface area contributed by atoms with E-state index >= 15 is 0 Å². The topological polar surface area (TPSA) is 49.9 Å². The van der Waals surface area contributed by atoms with E-state index in [-0.39, 0.29) is 11.8 Å². The summed E-state index contributed by atoms with van der Waals surface area (Å²) >= 11 is 0. The molecule has 28 heavy (non-hydrogen) atoms. The van der Waals surface area contributed by atoms with Crippen molar-refractivity contribution in [3.05, 3.63) is 64.7 Å². The van der Waals surface area contributed by atoms with Crippen LogP contribution in [0.1, 0.15) is 45.2 Å². The first-order chi connectivity index (χ1) is 13.5. The molecule has 1 heterocycles. The molecule has 5 nitrogen and oxygen atoms in total. The highest BCUT2D eigenvalue weighted by Gasteiger charge is 2.23. The molecule has 0 saturated carbocycles. The first-order valence-electron chi connectivity index (χ1n) is 9.88. The zero-order chi connectivity index (χ0) is 20.1. The average Bonchev–Trinajstić information content (AvgIpc) is 2.96. The Morgan fingerprint density at radius 2 is 1.39 bits per heavy atom. The standard InChI is InChI=1S/C23H28N2O3/c1-4-28-21-10-8-19(9-11-21)22(26)24-12-5-13-25(15-14-24)23(27)20-7-6-17(2)18(3)16-20/h6-11,16H,4-5,12-15H2,1-3H3. The van der Waals surface area contributed by atoms with Crippen molar-refractivity contribution in [3.63, 3.8) is 0 Å². The van der Waals surface area contributed by atoms with E-state index in [1.54, 1.807) is 12.1 Å². The number of nitrogens with zero attached hydrogens (tertiary/aromatic N) is 2. The minimum absolute atomic E-state index is 0.00327. The molecule has 0 aromatic heterocycles. The summed E-state index contributed by atoms with van der Waals surface area (Å²) in [5.41, 5.74) is 3.67. The Labute approximate surface area is 166 Å². The number of aryl methyl sites for hydroxylation is 2. The van der Waals surface area contributed by atoms with Crippen LogP contribution in [0.5, 0.6) is 5.75 Å². The first kappa shape index (κ1) is 19.9. The van der Waals surface area contributed by atoms with Gasteiger partial charge in [0, 0.05) is 37.3 Å². The van der Waals surface area contributed by atoms with Crippen molar-refractivity contribution in [2.45, 2.75) is 27.2 Å². The summed E-state index contributed by atoms with van der Waals surface area (Å²) in [7, 11) is 0. The first-order valence-corrected chi connectivity index (χ1v) is 9.88. The Kier molecular flexibility index (Phi) is 6.34. The van der Waals surface area contributed by atoms with E-state index in [0.29, 0.717) is 38.3 Å². The minimum Gasteiger partial charge on any atom is -0.494 e. The van der Waals surface area contributed by atoms with Crippen LogP contribution in [-0.2, 0) is 0 Å². The van der Waals surface area contributed by atoms with Crippen LogP contribution in [0, 0.1) is 13.8 Å². The van der Waals surface area contributed by atoms with Gasteiger partial charge in [-0.25, -0.2) is 0 Å². The monoisotopic (exact) mass is 380 g/mol. The Bertz CT molecular complexity index is 845. The number of hydrogen-bond donors (Lipinski definition) is 0. The van der Waals surface area contributed by atoms with Gasteiger partial charge >= 0.3 is 0 Å². The molecule has 5 heteroatoms. The number of carbonyl (C=O) groups excluding carboxylic acids is 2. The van der Waals surface area contributed by atoms with Gasteiger partial charge in [-0.2, -0.15) is 0 Å². The number of carbonyl (C=O) groups is 2. The van der Waals surface area contributed by atoms with Crippen LogP contribution in [0.3, 0.4) is 0 Å². The highest BCUT2D eigenvalue weighted by atomic mass is 16.5. The van der Waals surface area contributed by atoms with E-state index in [1.807, 2.05) is 60.9 Å². The maximum atomic E-state index is 12.9.